The number of carbonyl (C=O) groups excluding carboxylic acids is 1. The summed E-state index contributed by atoms with van der Waals surface area (Å²) in [7, 11) is 3.24. The molecule has 0 aromatic rings. The molecule has 1 fully saturated rings. The Balaban J connectivity index is 2.48. The van der Waals surface area contributed by atoms with Crippen LogP contribution < -0.4 is 5.32 Å². The lowest BCUT2D eigenvalue weighted by atomic mass is 9.84. The van der Waals surface area contributed by atoms with Crippen molar-refractivity contribution in [2.45, 2.75) is 32.7 Å². The van der Waals surface area contributed by atoms with Crippen LogP contribution in [0.3, 0.4) is 0 Å². The minimum atomic E-state index is -0.209. The molecule has 94 valence electrons. The second-order valence-corrected chi connectivity index (χ2v) is 5.37. The van der Waals surface area contributed by atoms with Crippen molar-refractivity contribution in [3.8, 4) is 0 Å². The molecule has 4 heteroatoms. The molecule has 0 aliphatic carbocycles. The first-order chi connectivity index (χ1) is 7.48. The molecule has 0 spiro atoms. The van der Waals surface area contributed by atoms with Gasteiger partial charge in [0.1, 0.15) is 6.04 Å². The molecule has 1 saturated heterocycles. The van der Waals surface area contributed by atoms with E-state index in [4.69, 9.17) is 4.74 Å². The van der Waals surface area contributed by atoms with Crippen LogP contribution in [0, 0.1) is 5.41 Å². The second kappa shape index (κ2) is 5.64. The van der Waals surface area contributed by atoms with Gasteiger partial charge in [0.15, 0.2) is 0 Å². The van der Waals surface area contributed by atoms with Crippen LogP contribution in [0.1, 0.15) is 26.7 Å². The van der Waals surface area contributed by atoms with Crippen LogP contribution >= 0.6 is 0 Å². The minimum absolute atomic E-state index is 0.175. The van der Waals surface area contributed by atoms with Gasteiger partial charge in [-0.2, -0.15) is 0 Å². The summed E-state index contributed by atoms with van der Waals surface area (Å²) >= 11 is 0. The molecule has 0 amide bonds. The van der Waals surface area contributed by atoms with Crippen molar-refractivity contribution in [2.75, 3.05) is 33.8 Å². The second-order valence-electron chi connectivity index (χ2n) is 5.37. The molecular weight excluding hydrogens is 204 g/mol. The number of carbonyl (C=O) groups is 1. The molecule has 1 heterocycles. The predicted octanol–water partition coefficient (Wildman–Crippen LogP) is 0.869. The SMILES string of the molecule is CNC(CN1CCCC(C)(C)C1)C(=O)OC. The summed E-state index contributed by atoms with van der Waals surface area (Å²) in [5, 5.41) is 3.01. The average molecular weight is 228 g/mol. The number of likely N-dealkylation sites (tertiary alicyclic amines) is 1. The summed E-state index contributed by atoms with van der Waals surface area (Å²) in [6, 6.07) is -0.209. The number of rotatable bonds is 4. The third kappa shape index (κ3) is 3.76. The number of piperidine rings is 1. The van der Waals surface area contributed by atoms with Crippen molar-refractivity contribution in [1.29, 1.82) is 0 Å². The first-order valence-corrected chi connectivity index (χ1v) is 5.96. The molecular formula is C12H24N2O2. The molecule has 0 bridgehead atoms. The van der Waals surface area contributed by atoms with Crippen LogP contribution in [0.25, 0.3) is 0 Å². The molecule has 1 unspecified atom stereocenters. The monoisotopic (exact) mass is 228 g/mol. The summed E-state index contributed by atoms with van der Waals surface area (Å²) in [4.78, 5) is 13.8. The standard InChI is InChI=1S/C12H24N2O2/c1-12(2)6-5-7-14(9-12)8-10(13-3)11(15)16-4/h10,13H,5-9H2,1-4H3. The van der Waals surface area contributed by atoms with E-state index in [-0.39, 0.29) is 12.0 Å². The Kier molecular flexibility index (Phi) is 4.74. The van der Waals surface area contributed by atoms with Crippen LogP contribution in [0.15, 0.2) is 0 Å². The van der Waals surface area contributed by atoms with Crippen molar-refractivity contribution in [3.05, 3.63) is 0 Å². The highest BCUT2D eigenvalue weighted by molar-refractivity contribution is 5.75. The Morgan fingerprint density at radius 2 is 2.25 bits per heavy atom. The lowest BCUT2D eigenvalue weighted by Gasteiger charge is -2.39. The fraction of sp³-hybridized carbons (Fsp3) is 0.917. The van der Waals surface area contributed by atoms with Crippen LogP contribution in [0.2, 0.25) is 0 Å². The van der Waals surface area contributed by atoms with E-state index in [2.05, 4.69) is 24.1 Å². The van der Waals surface area contributed by atoms with Gasteiger partial charge in [-0.25, -0.2) is 0 Å². The summed E-state index contributed by atoms with van der Waals surface area (Å²) in [5.41, 5.74) is 0.368. The van der Waals surface area contributed by atoms with Gasteiger partial charge in [0, 0.05) is 13.1 Å². The molecule has 0 saturated carbocycles. The Hall–Kier alpha value is -0.610. The zero-order chi connectivity index (χ0) is 12.2. The Labute approximate surface area is 98.3 Å². The fourth-order valence-electron chi connectivity index (χ4n) is 2.38. The number of hydrogen-bond acceptors (Lipinski definition) is 4. The quantitative estimate of drug-likeness (QED) is 0.725. The lowest BCUT2D eigenvalue weighted by molar-refractivity contribution is -0.143. The Morgan fingerprint density at radius 1 is 1.56 bits per heavy atom. The number of esters is 1. The van der Waals surface area contributed by atoms with Crippen LogP contribution in [-0.2, 0) is 9.53 Å². The number of methoxy groups -OCH3 is 1. The van der Waals surface area contributed by atoms with Crippen molar-refractivity contribution in [2.24, 2.45) is 5.41 Å². The number of hydrogen-bond donors (Lipinski definition) is 1. The van der Waals surface area contributed by atoms with Gasteiger partial charge in [-0.3, -0.25) is 4.79 Å². The maximum Gasteiger partial charge on any atom is 0.324 e. The first kappa shape index (κ1) is 13.5. The summed E-state index contributed by atoms with van der Waals surface area (Å²) in [6.45, 7) is 7.45. The number of ether oxygens (including phenoxy) is 1. The lowest BCUT2D eigenvalue weighted by Crippen LogP contribution is -2.49. The smallest absolute Gasteiger partial charge is 0.324 e. The molecule has 0 radical (unpaired) electrons. The van der Waals surface area contributed by atoms with E-state index in [0.717, 1.165) is 19.6 Å². The summed E-state index contributed by atoms with van der Waals surface area (Å²) in [6.07, 6.45) is 2.48. The normalized spacial score (nSPS) is 22.8. The van der Waals surface area contributed by atoms with Gasteiger partial charge in [-0.05, 0) is 31.8 Å². The molecule has 4 nitrogen and oxygen atoms in total. The van der Waals surface area contributed by atoms with Crippen LogP contribution in [0.5, 0.6) is 0 Å². The number of nitrogens with one attached hydrogen (secondary N) is 1. The molecule has 1 rings (SSSR count). The molecule has 1 N–H and O–H groups in total. The molecule has 1 aliphatic heterocycles. The summed E-state index contributed by atoms with van der Waals surface area (Å²) in [5.74, 6) is -0.175. The molecule has 0 aromatic carbocycles. The van der Waals surface area contributed by atoms with Crippen molar-refractivity contribution < 1.29 is 9.53 Å². The van der Waals surface area contributed by atoms with Crippen molar-refractivity contribution in [3.63, 3.8) is 0 Å². The van der Waals surface area contributed by atoms with Gasteiger partial charge in [0.2, 0.25) is 0 Å². The van der Waals surface area contributed by atoms with E-state index in [1.54, 1.807) is 7.05 Å². The zero-order valence-corrected chi connectivity index (χ0v) is 10.9. The minimum Gasteiger partial charge on any atom is -0.468 e. The van der Waals surface area contributed by atoms with E-state index in [9.17, 15) is 4.79 Å². The number of nitrogens with zero attached hydrogens (tertiary/aromatic N) is 1. The highest BCUT2D eigenvalue weighted by Gasteiger charge is 2.29. The van der Waals surface area contributed by atoms with Crippen molar-refractivity contribution >= 4 is 5.97 Å². The van der Waals surface area contributed by atoms with E-state index in [1.807, 2.05) is 0 Å². The van der Waals surface area contributed by atoms with Crippen LogP contribution in [0.4, 0.5) is 0 Å². The van der Waals surface area contributed by atoms with E-state index >= 15 is 0 Å². The first-order valence-electron chi connectivity index (χ1n) is 5.96. The van der Waals surface area contributed by atoms with Gasteiger partial charge in [0.05, 0.1) is 7.11 Å². The highest BCUT2D eigenvalue weighted by Crippen LogP contribution is 2.28. The Morgan fingerprint density at radius 3 is 2.75 bits per heavy atom. The van der Waals surface area contributed by atoms with Crippen LogP contribution in [-0.4, -0.2) is 50.7 Å². The maximum atomic E-state index is 11.5. The highest BCUT2D eigenvalue weighted by atomic mass is 16.5. The largest absolute Gasteiger partial charge is 0.468 e. The third-order valence-corrected chi connectivity index (χ3v) is 3.25. The van der Waals surface area contributed by atoms with Gasteiger partial charge >= 0.3 is 5.97 Å². The summed E-state index contributed by atoms with van der Waals surface area (Å²) < 4.78 is 4.77. The topological polar surface area (TPSA) is 41.6 Å². The predicted molar refractivity (Wildman–Crippen MR) is 64.3 cm³/mol. The molecule has 0 aromatic heterocycles. The van der Waals surface area contributed by atoms with Gasteiger partial charge in [-0.15, -0.1) is 0 Å². The third-order valence-electron chi connectivity index (χ3n) is 3.25. The average Bonchev–Trinajstić information content (AvgIpc) is 2.23. The maximum absolute atomic E-state index is 11.5. The molecule has 16 heavy (non-hydrogen) atoms. The van der Waals surface area contributed by atoms with E-state index in [1.165, 1.54) is 20.0 Å². The van der Waals surface area contributed by atoms with Gasteiger partial charge in [-0.1, -0.05) is 13.8 Å². The van der Waals surface area contributed by atoms with Crippen molar-refractivity contribution in [1.82, 2.24) is 10.2 Å². The Bertz CT molecular complexity index is 241. The number of likely N-dealkylation sites (N-methyl/N-ethyl adjacent to an activating group) is 1. The van der Waals surface area contributed by atoms with Gasteiger partial charge < -0.3 is 15.0 Å². The molecule has 1 atom stereocenters. The molecule has 1 aliphatic rings. The van der Waals surface area contributed by atoms with Gasteiger partial charge in [0.25, 0.3) is 0 Å². The zero-order valence-electron chi connectivity index (χ0n) is 10.9. The van der Waals surface area contributed by atoms with E-state index in [0.29, 0.717) is 5.41 Å². The fourth-order valence-corrected chi connectivity index (χ4v) is 2.38. The van der Waals surface area contributed by atoms with E-state index < -0.39 is 0 Å².